The largest absolute Gasteiger partial charge is 0.486 e. The fourth-order valence-corrected chi connectivity index (χ4v) is 5.94. The molecule has 42 heavy (non-hydrogen) atoms. The molecule has 2 amide bonds. The summed E-state index contributed by atoms with van der Waals surface area (Å²) in [6.45, 7) is 9.06. The van der Waals surface area contributed by atoms with Crippen molar-refractivity contribution < 1.29 is 31.9 Å². The van der Waals surface area contributed by atoms with E-state index in [4.69, 9.17) is 9.47 Å². The molecule has 1 N–H and O–H groups in total. The van der Waals surface area contributed by atoms with E-state index in [0.29, 0.717) is 12.4 Å². The molecule has 1 unspecified atom stereocenters. The van der Waals surface area contributed by atoms with E-state index in [1.165, 1.54) is 35.2 Å². The summed E-state index contributed by atoms with van der Waals surface area (Å²) in [6, 6.07) is 15.6. The fraction of sp³-hybridized carbons (Fsp3) is 0.355. The Morgan fingerprint density at radius 3 is 2.29 bits per heavy atom. The Hall–Kier alpha value is -4.12. The van der Waals surface area contributed by atoms with E-state index in [2.05, 4.69) is 5.32 Å². The van der Waals surface area contributed by atoms with Gasteiger partial charge in [0, 0.05) is 18.2 Å². The second-order valence-corrected chi connectivity index (χ2v) is 13.1. The van der Waals surface area contributed by atoms with E-state index in [1.54, 1.807) is 6.92 Å². The molecule has 1 aliphatic rings. The third-order valence-electron chi connectivity index (χ3n) is 6.60. The van der Waals surface area contributed by atoms with Crippen LogP contribution in [0, 0.1) is 12.7 Å². The van der Waals surface area contributed by atoms with Crippen molar-refractivity contribution in [3.8, 4) is 11.5 Å². The zero-order valence-electron chi connectivity index (χ0n) is 24.4. The van der Waals surface area contributed by atoms with Crippen LogP contribution in [0.15, 0.2) is 71.6 Å². The van der Waals surface area contributed by atoms with Crippen LogP contribution in [0.4, 0.5) is 10.1 Å². The maximum Gasteiger partial charge on any atom is 0.264 e. The van der Waals surface area contributed by atoms with Crippen molar-refractivity contribution >= 4 is 27.5 Å². The highest BCUT2D eigenvalue weighted by molar-refractivity contribution is 7.92. The monoisotopic (exact) mass is 597 g/mol. The molecule has 0 saturated carbocycles. The predicted octanol–water partition coefficient (Wildman–Crippen LogP) is 4.43. The van der Waals surface area contributed by atoms with Crippen LogP contribution >= 0.6 is 0 Å². The van der Waals surface area contributed by atoms with Crippen molar-refractivity contribution in [1.29, 1.82) is 0 Å². The molecule has 0 fully saturated rings. The Bertz CT molecular complexity index is 1550. The molecule has 0 spiro atoms. The number of anilines is 1. The lowest BCUT2D eigenvalue weighted by atomic mass is 10.1. The van der Waals surface area contributed by atoms with Gasteiger partial charge in [-0.25, -0.2) is 12.8 Å². The van der Waals surface area contributed by atoms with Crippen LogP contribution in [-0.4, -0.2) is 56.5 Å². The summed E-state index contributed by atoms with van der Waals surface area (Å²) in [4.78, 5) is 28.5. The smallest absolute Gasteiger partial charge is 0.264 e. The Morgan fingerprint density at radius 2 is 1.64 bits per heavy atom. The van der Waals surface area contributed by atoms with E-state index < -0.39 is 39.9 Å². The lowest BCUT2D eigenvalue weighted by Gasteiger charge is -2.33. The zero-order valence-corrected chi connectivity index (χ0v) is 25.2. The van der Waals surface area contributed by atoms with Crippen LogP contribution in [-0.2, 0) is 26.2 Å². The SMILES string of the molecule is Cc1cccc(CN(C(=O)CN(c2ccc(F)cc2)S(=O)(=O)c2ccc3c(c2)OCCO3)C(C)C(=O)NC(C)(C)C)c1. The molecule has 9 nitrogen and oxygen atoms in total. The lowest BCUT2D eigenvalue weighted by molar-refractivity contribution is -0.140. The number of carbonyl (C=O) groups is 2. The number of carbonyl (C=O) groups excluding carboxylic acids is 2. The van der Waals surface area contributed by atoms with Gasteiger partial charge in [0.1, 0.15) is 31.6 Å². The average Bonchev–Trinajstić information content (AvgIpc) is 2.93. The van der Waals surface area contributed by atoms with E-state index in [-0.39, 0.29) is 35.4 Å². The van der Waals surface area contributed by atoms with Crippen LogP contribution in [0.1, 0.15) is 38.8 Å². The van der Waals surface area contributed by atoms with Crippen molar-refractivity contribution in [3.05, 3.63) is 83.7 Å². The first-order chi connectivity index (χ1) is 19.7. The minimum atomic E-state index is -4.36. The number of aryl methyl sites for hydroxylation is 1. The minimum Gasteiger partial charge on any atom is -0.486 e. The van der Waals surface area contributed by atoms with Gasteiger partial charge in [-0.1, -0.05) is 29.8 Å². The topological polar surface area (TPSA) is 105 Å². The molecule has 11 heteroatoms. The summed E-state index contributed by atoms with van der Waals surface area (Å²) in [7, 11) is -4.36. The van der Waals surface area contributed by atoms with E-state index in [9.17, 15) is 22.4 Å². The molecule has 1 aliphatic heterocycles. The first-order valence-corrected chi connectivity index (χ1v) is 15.0. The molecular formula is C31H36FN3O6S. The standard InChI is InChI=1S/C31H36FN3O6S/c1-21-7-6-8-23(17-21)19-34(22(2)30(37)33-31(3,4)5)29(36)20-35(25-11-9-24(32)10-12-25)42(38,39)26-13-14-27-28(18-26)41-16-15-40-27/h6-14,17-18,22H,15-16,19-20H2,1-5H3,(H,33,37). The molecule has 3 aromatic rings. The molecule has 0 bridgehead atoms. The van der Waals surface area contributed by atoms with Gasteiger partial charge in [0.25, 0.3) is 10.0 Å². The first kappa shape index (κ1) is 30.8. The van der Waals surface area contributed by atoms with Gasteiger partial charge >= 0.3 is 0 Å². The molecule has 1 atom stereocenters. The third-order valence-corrected chi connectivity index (χ3v) is 8.37. The molecule has 1 heterocycles. The highest BCUT2D eigenvalue weighted by atomic mass is 32.2. The van der Waals surface area contributed by atoms with E-state index in [1.807, 2.05) is 52.0 Å². The maximum atomic E-state index is 14.0. The normalized spacial score (nSPS) is 13.7. The van der Waals surface area contributed by atoms with Crippen molar-refractivity contribution in [3.63, 3.8) is 0 Å². The summed E-state index contributed by atoms with van der Waals surface area (Å²) in [5, 5.41) is 2.90. The van der Waals surface area contributed by atoms with Crippen LogP contribution in [0.5, 0.6) is 11.5 Å². The van der Waals surface area contributed by atoms with Gasteiger partial charge in [-0.15, -0.1) is 0 Å². The lowest BCUT2D eigenvalue weighted by Crippen LogP contribution is -2.54. The van der Waals surface area contributed by atoms with Gasteiger partial charge in [-0.05, 0) is 76.6 Å². The van der Waals surface area contributed by atoms with Gasteiger partial charge in [-0.3, -0.25) is 13.9 Å². The van der Waals surface area contributed by atoms with Crippen molar-refractivity contribution in [1.82, 2.24) is 10.2 Å². The molecule has 224 valence electrons. The summed E-state index contributed by atoms with van der Waals surface area (Å²) in [6.07, 6.45) is 0. The van der Waals surface area contributed by atoms with Gasteiger partial charge in [0.15, 0.2) is 11.5 Å². The number of sulfonamides is 1. The zero-order chi connectivity index (χ0) is 30.7. The van der Waals surface area contributed by atoms with Crippen LogP contribution in [0.3, 0.4) is 0 Å². The number of fused-ring (bicyclic) bond motifs is 1. The number of rotatable bonds is 9. The van der Waals surface area contributed by atoms with Crippen molar-refractivity contribution in [2.45, 2.75) is 57.6 Å². The van der Waals surface area contributed by atoms with E-state index >= 15 is 0 Å². The number of hydrogen-bond donors (Lipinski definition) is 1. The predicted molar refractivity (Wildman–Crippen MR) is 157 cm³/mol. The minimum absolute atomic E-state index is 0.0700. The summed E-state index contributed by atoms with van der Waals surface area (Å²) in [5.41, 5.74) is 1.29. The molecule has 0 saturated heterocycles. The van der Waals surface area contributed by atoms with Gasteiger partial charge < -0.3 is 19.7 Å². The van der Waals surface area contributed by atoms with Crippen LogP contribution in [0.2, 0.25) is 0 Å². The summed E-state index contributed by atoms with van der Waals surface area (Å²) in [5.74, 6) is -0.880. The maximum absolute atomic E-state index is 14.0. The average molecular weight is 598 g/mol. The number of hydrogen-bond acceptors (Lipinski definition) is 6. The van der Waals surface area contributed by atoms with Gasteiger partial charge in [0.2, 0.25) is 11.8 Å². The number of nitrogens with zero attached hydrogens (tertiary/aromatic N) is 2. The highest BCUT2D eigenvalue weighted by Crippen LogP contribution is 2.34. The number of benzene rings is 3. The second-order valence-electron chi connectivity index (χ2n) is 11.2. The number of ether oxygens (including phenoxy) is 2. The first-order valence-electron chi connectivity index (χ1n) is 13.6. The Balaban J connectivity index is 1.73. The molecule has 3 aromatic carbocycles. The second kappa shape index (κ2) is 12.4. The van der Waals surface area contributed by atoms with Crippen molar-refractivity contribution in [2.75, 3.05) is 24.1 Å². The quantitative estimate of drug-likeness (QED) is 0.391. The Kier molecular flexibility index (Phi) is 9.10. The van der Waals surface area contributed by atoms with Gasteiger partial charge in [0.05, 0.1) is 10.6 Å². The van der Waals surface area contributed by atoms with Crippen molar-refractivity contribution in [2.24, 2.45) is 0 Å². The number of nitrogens with one attached hydrogen (secondary N) is 1. The Morgan fingerprint density at radius 1 is 0.976 bits per heavy atom. The molecule has 0 radical (unpaired) electrons. The number of amides is 2. The molecular weight excluding hydrogens is 561 g/mol. The molecule has 0 aromatic heterocycles. The third kappa shape index (κ3) is 7.39. The summed E-state index contributed by atoms with van der Waals surface area (Å²) < 4.78 is 53.9. The number of halogens is 1. The molecule has 0 aliphatic carbocycles. The van der Waals surface area contributed by atoms with E-state index in [0.717, 1.165) is 27.6 Å². The Labute approximate surface area is 246 Å². The fourth-order valence-electron chi connectivity index (χ4n) is 4.51. The molecule has 4 rings (SSSR count). The highest BCUT2D eigenvalue weighted by Gasteiger charge is 2.34. The van der Waals surface area contributed by atoms with Crippen LogP contribution < -0.4 is 19.1 Å². The van der Waals surface area contributed by atoms with Crippen LogP contribution in [0.25, 0.3) is 0 Å². The summed E-state index contributed by atoms with van der Waals surface area (Å²) >= 11 is 0. The van der Waals surface area contributed by atoms with Gasteiger partial charge in [-0.2, -0.15) is 0 Å².